The highest BCUT2D eigenvalue weighted by atomic mass is 32.1. The van der Waals surface area contributed by atoms with Gasteiger partial charge < -0.3 is 4.90 Å². The molecule has 1 atom stereocenters. The molecule has 0 N–H and O–H groups in total. The summed E-state index contributed by atoms with van der Waals surface area (Å²) in [7, 11) is 0. The highest BCUT2D eigenvalue weighted by molar-refractivity contribution is 7.09. The second-order valence-corrected chi connectivity index (χ2v) is 5.81. The second kappa shape index (κ2) is 6.01. The standard InChI is InChI=1S/C16H16N2OS/c19-15(7-6-13-4-2-1-3-5-13)18-10-8-14(12-18)16-17-9-11-20-16/h1-7,9,11,14H,8,10,12H2/b7-6+. The fraction of sp³-hybridized carbons (Fsp3) is 0.250. The number of hydrogen-bond acceptors (Lipinski definition) is 3. The Morgan fingerprint density at radius 2 is 2.20 bits per heavy atom. The van der Waals surface area contributed by atoms with Crippen molar-refractivity contribution in [3.05, 3.63) is 58.6 Å². The van der Waals surface area contributed by atoms with Gasteiger partial charge in [-0.25, -0.2) is 4.98 Å². The molecule has 0 spiro atoms. The van der Waals surface area contributed by atoms with Crippen LogP contribution in [0.1, 0.15) is 22.9 Å². The first-order chi connectivity index (χ1) is 9.83. The third kappa shape index (κ3) is 2.96. The zero-order valence-corrected chi connectivity index (χ0v) is 11.9. The summed E-state index contributed by atoms with van der Waals surface area (Å²) in [5, 5.41) is 3.14. The van der Waals surface area contributed by atoms with E-state index in [4.69, 9.17) is 0 Å². The Labute approximate surface area is 122 Å². The van der Waals surface area contributed by atoms with Gasteiger partial charge in [-0.2, -0.15) is 0 Å². The van der Waals surface area contributed by atoms with Gasteiger partial charge in [-0.05, 0) is 18.1 Å². The van der Waals surface area contributed by atoms with Gasteiger partial charge in [-0.3, -0.25) is 4.79 Å². The molecule has 0 radical (unpaired) electrons. The minimum atomic E-state index is 0.0907. The SMILES string of the molecule is O=C(/C=C/c1ccccc1)N1CCC(c2nccs2)C1. The summed E-state index contributed by atoms with van der Waals surface area (Å²) in [5.41, 5.74) is 1.05. The van der Waals surface area contributed by atoms with Crippen molar-refractivity contribution in [3.8, 4) is 0 Å². The Kier molecular flexibility index (Phi) is 3.92. The summed E-state index contributed by atoms with van der Waals surface area (Å²) in [6.45, 7) is 1.60. The molecule has 0 bridgehead atoms. The van der Waals surface area contributed by atoms with E-state index >= 15 is 0 Å². The van der Waals surface area contributed by atoms with E-state index in [1.54, 1.807) is 17.4 Å². The Morgan fingerprint density at radius 1 is 1.35 bits per heavy atom. The minimum absolute atomic E-state index is 0.0907. The lowest BCUT2D eigenvalue weighted by Gasteiger charge is -2.13. The van der Waals surface area contributed by atoms with Crippen molar-refractivity contribution in [2.24, 2.45) is 0 Å². The molecule has 1 aromatic heterocycles. The number of likely N-dealkylation sites (tertiary alicyclic amines) is 1. The maximum atomic E-state index is 12.2. The molecule has 3 rings (SSSR count). The quantitative estimate of drug-likeness (QED) is 0.811. The molecule has 4 heteroatoms. The van der Waals surface area contributed by atoms with Crippen molar-refractivity contribution in [2.75, 3.05) is 13.1 Å². The van der Waals surface area contributed by atoms with E-state index in [-0.39, 0.29) is 5.91 Å². The van der Waals surface area contributed by atoms with Gasteiger partial charge in [-0.15, -0.1) is 11.3 Å². The van der Waals surface area contributed by atoms with Crippen molar-refractivity contribution in [2.45, 2.75) is 12.3 Å². The van der Waals surface area contributed by atoms with Gasteiger partial charge in [0.05, 0.1) is 5.01 Å². The molecule has 3 nitrogen and oxygen atoms in total. The van der Waals surface area contributed by atoms with Crippen LogP contribution in [0, 0.1) is 0 Å². The summed E-state index contributed by atoms with van der Waals surface area (Å²) >= 11 is 1.68. The molecule has 2 aromatic rings. The van der Waals surface area contributed by atoms with Crippen LogP contribution in [0.25, 0.3) is 6.08 Å². The van der Waals surface area contributed by atoms with Crippen LogP contribution in [-0.2, 0) is 4.79 Å². The highest BCUT2D eigenvalue weighted by Crippen LogP contribution is 2.28. The van der Waals surface area contributed by atoms with Crippen molar-refractivity contribution in [1.29, 1.82) is 0 Å². The first-order valence-electron chi connectivity index (χ1n) is 6.74. The summed E-state index contributed by atoms with van der Waals surface area (Å²) in [5.74, 6) is 0.497. The summed E-state index contributed by atoms with van der Waals surface area (Å²) in [6.07, 6.45) is 6.39. The van der Waals surface area contributed by atoms with Gasteiger partial charge in [0.15, 0.2) is 0 Å². The van der Waals surface area contributed by atoms with Crippen LogP contribution in [0.5, 0.6) is 0 Å². The van der Waals surface area contributed by atoms with E-state index in [1.165, 1.54) is 0 Å². The molecule has 1 aromatic carbocycles. The van der Waals surface area contributed by atoms with Crippen LogP contribution in [0.3, 0.4) is 0 Å². The van der Waals surface area contributed by atoms with Gasteiger partial charge in [0.1, 0.15) is 0 Å². The van der Waals surface area contributed by atoms with E-state index in [9.17, 15) is 4.79 Å². The van der Waals surface area contributed by atoms with Crippen molar-refractivity contribution in [1.82, 2.24) is 9.88 Å². The van der Waals surface area contributed by atoms with E-state index < -0.39 is 0 Å². The molecule has 1 unspecified atom stereocenters. The average Bonchev–Trinajstić information content (AvgIpc) is 3.16. The minimum Gasteiger partial charge on any atom is -0.338 e. The number of benzene rings is 1. The summed E-state index contributed by atoms with van der Waals surface area (Å²) < 4.78 is 0. The van der Waals surface area contributed by atoms with Crippen LogP contribution in [0.2, 0.25) is 0 Å². The number of nitrogens with zero attached hydrogens (tertiary/aromatic N) is 2. The van der Waals surface area contributed by atoms with E-state index in [0.717, 1.165) is 30.1 Å². The average molecular weight is 284 g/mol. The highest BCUT2D eigenvalue weighted by Gasteiger charge is 2.27. The number of thiazole rings is 1. The number of amides is 1. The van der Waals surface area contributed by atoms with Gasteiger partial charge in [-0.1, -0.05) is 30.3 Å². The zero-order chi connectivity index (χ0) is 13.8. The lowest BCUT2D eigenvalue weighted by molar-refractivity contribution is -0.124. The fourth-order valence-corrected chi connectivity index (χ4v) is 3.20. The van der Waals surface area contributed by atoms with Crippen LogP contribution in [0.15, 0.2) is 48.0 Å². The van der Waals surface area contributed by atoms with E-state index in [2.05, 4.69) is 4.98 Å². The molecular formula is C16H16N2OS. The van der Waals surface area contributed by atoms with Gasteiger partial charge >= 0.3 is 0 Å². The molecule has 1 fully saturated rings. The lowest BCUT2D eigenvalue weighted by Crippen LogP contribution is -2.26. The van der Waals surface area contributed by atoms with Gasteiger partial charge in [0.25, 0.3) is 0 Å². The molecule has 1 aliphatic rings. The Balaban J connectivity index is 1.60. The summed E-state index contributed by atoms with van der Waals surface area (Å²) in [4.78, 5) is 18.4. The third-order valence-electron chi connectivity index (χ3n) is 3.52. The predicted octanol–water partition coefficient (Wildman–Crippen LogP) is 3.17. The molecule has 2 heterocycles. The topological polar surface area (TPSA) is 33.2 Å². The maximum absolute atomic E-state index is 12.2. The molecular weight excluding hydrogens is 268 g/mol. The molecule has 1 amide bonds. The zero-order valence-electron chi connectivity index (χ0n) is 11.1. The molecule has 1 saturated heterocycles. The van der Waals surface area contributed by atoms with Crippen LogP contribution < -0.4 is 0 Å². The van der Waals surface area contributed by atoms with E-state index in [0.29, 0.717) is 5.92 Å². The second-order valence-electron chi connectivity index (χ2n) is 4.88. The largest absolute Gasteiger partial charge is 0.338 e. The monoisotopic (exact) mass is 284 g/mol. The third-order valence-corrected chi connectivity index (χ3v) is 4.46. The predicted molar refractivity (Wildman–Crippen MR) is 81.5 cm³/mol. The summed E-state index contributed by atoms with van der Waals surface area (Å²) in [6, 6.07) is 9.90. The van der Waals surface area contributed by atoms with Crippen LogP contribution in [-0.4, -0.2) is 28.9 Å². The van der Waals surface area contributed by atoms with Gasteiger partial charge in [0, 0.05) is 36.7 Å². The number of carbonyl (C=O) groups is 1. The number of aromatic nitrogens is 1. The van der Waals surface area contributed by atoms with Crippen LogP contribution >= 0.6 is 11.3 Å². The normalized spacial score (nSPS) is 18.8. The van der Waals surface area contributed by atoms with Crippen molar-refractivity contribution in [3.63, 3.8) is 0 Å². The Hall–Kier alpha value is -1.94. The Bertz CT molecular complexity index is 592. The van der Waals surface area contributed by atoms with Crippen LogP contribution in [0.4, 0.5) is 0 Å². The number of hydrogen-bond donors (Lipinski definition) is 0. The first kappa shape index (κ1) is 13.1. The van der Waals surface area contributed by atoms with Gasteiger partial charge in [0.2, 0.25) is 5.91 Å². The molecule has 1 aliphatic heterocycles. The van der Waals surface area contributed by atoms with Crippen molar-refractivity contribution >= 4 is 23.3 Å². The first-order valence-corrected chi connectivity index (χ1v) is 7.62. The fourth-order valence-electron chi connectivity index (χ4n) is 2.44. The Morgan fingerprint density at radius 3 is 2.95 bits per heavy atom. The molecule has 102 valence electrons. The lowest BCUT2D eigenvalue weighted by atomic mass is 10.1. The van der Waals surface area contributed by atoms with Crippen molar-refractivity contribution < 1.29 is 4.79 Å². The smallest absolute Gasteiger partial charge is 0.246 e. The molecule has 0 saturated carbocycles. The molecule has 20 heavy (non-hydrogen) atoms. The number of carbonyl (C=O) groups excluding carboxylic acids is 1. The van der Waals surface area contributed by atoms with E-state index in [1.807, 2.05) is 52.9 Å². The maximum Gasteiger partial charge on any atom is 0.246 e. The molecule has 0 aliphatic carbocycles. The number of rotatable bonds is 3.